The van der Waals surface area contributed by atoms with Gasteiger partial charge in [0.2, 0.25) is 5.91 Å². The number of thioether (sulfide) groups is 1. The second-order valence-electron chi connectivity index (χ2n) is 9.69. The molecule has 210 valence electrons. The number of anilines is 2. The van der Waals surface area contributed by atoms with Crippen molar-refractivity contribution in [1.29, 1.82) is 0 Å². The number of rotatable bonds is 8. The van der Waals surface area contributed by atoms with E-state index in [1.54, 1.807) is 32.4 Å². The lowest BCUT2D eigenvalue weighted by Crippen LogP contribution is -2.36. The van der Waals surface area contributed by atoms with E-state index >= 15 is 0 Å². The summed E-state index contributed by atoms with van der Waals surface area (Å²) in [7, 11) is 3.15. The van der Waals surface area contributed by atoms with Crippen LogP contribution in [0.2, 0.25) is 0 Å². The van der Waals surface area contributed by atoms with Crippen molar-refractivity contribution < 1.29 is 23.9 Å². The molecular weight excluding hydrogens is 558 g/mol. The molecule has 8 nitrogen and oxygen atoms in total. The lowest BCUT2D eigenvalue weighted by atomic mass is 10.1. The maximum atomic E-state index is 13.8. The molecule has 1 saturated heterocycles. The fourth-order valence-electron chi connectivity index (χ4n) is 5.01. The molecule has 3 amide bonds. The van der Waals surface area contributed by atoms with Crippen LogP contribution in [0.1, 0.15) is 22.3 Å². The third kappa shape index (κ3) is 5.45. The molecule has 0 unspecified atom stereocenters. The SMILES string of the molecule is COc1ccc(CCN2C(=O)/C(=C3/C(=O)N(CC(=O)Nc4c(C)cccc4C)c4ccccc43)SC2=S)cc1OC. The van der Waals surface area contributed by atoms with Crippen LogP contribution in [0, 0.1) is 13.8 Å². The molecule has 0 aromatic heterocycles. The fourth-order valence-corrected chi connectivity index (χ4v) is 6.39. The van der Waals surface area contributed by atoms with E-state index < -0.39 is 5.91 Å². The van der Waals surface area contributed by atoms with Gasteiger partial charge < -0.3 is 14.8 Å². The highest BCUT2D eigenvalue weighted by Gasteiger charge is 2.42. The number of benzene rings is 3. The zero-order valence-electron chi connectivity index (χ0n) is 23.1. The number of aryl methyl sites for hydroxylation is 2. The zero-order valence-corrected chi connectivity index (χ0v) is 24.8. The summed E-state index contributed by atoms with van der Waals surface area (Å²) >= 11 is 6.69. The third-order valence-electron chi connectivity index (χ3n) is 7.12. The first kappa shape index (κ1) is 28.4. The van der Waals surface area contributed by atoms with Gasteiger partial charge in [0.25, 0.3) is 11.8 Å². The van der Waals surface area contributed by atoms with E-state index in [0.717, 1.165) is 34.1 Å². The molecule has 2 aliphatic heterocycles. The number of nitrogens with one attached hydrogen (secondary N) is 1. The van der Waals surface area contributed by atoms with E-state index in [1.165, 1.54) is 9.80 Å². The van der Waals surface area contributed by atoms with Crippen molar-refractivity contribution in [2.24, 2.45) is 0 Å². The Hall–Kier alpha value is -4.15. The standard InChI is InChI=1S/C31H29N3O5S2/c1-18-8-7-9-19(2)27(18)32-25(35)17-34-22-11-6-5-10-21(22)26(29(34)36)28-30(37)33(31(40)41-28)15-14-20-12-13-23(38-3)24(16-20)39-4/h5-13,16H,14-15,17H2,1-4H3,(H,32,35)/b28-26-. The third-order valence-corrected chi connectivity index (χ3v) is 8.57. The quantitative estimate of drug-likeness (QED) is 0.289. The van der Waals surface area contributed by atoms with E-state index in [-0.39, 0.29) is 28.8 Å². The van der Waals surface area contributed by atoms with E-state index in [1.807, 2.05) is 56.3 Å². The van der Waals surface area contributed by atoms with Gasteiger partial charge >= 0.3 is 0 Å². The number of hydrogen-bond acceptors (Lipinski definition) is 7. The molecule has 1 fully saturated rings. The topological polar surface area (TPSA) is 88.2 Å². The van der Waals surface area contributed by atoms with Crippen molar-refractivity contribution in [2.45, 2.75) is 20.3 Å². The van der Waals surface area contributed by atoms with Crippen LogP contribution in [0.5, 0.6) is 11.5 Å². The molecule has 2 aliphatic rings. The Bertz CT molecular complexity index is 1600. The number of thiocarbonyl (C=S) groups is 1. The number of carbonyl (C=O) groups is 3. The van der Waals surface area contributed by atoms with E-state index in [2.05, 4.69) is 5.32 Å². The van der Waals surface area contributed by atoms with Gasteiger partial charge in [-0.25, -0.2) is 0 Å². The number of carbonyl (C=O) groups excluding carboxylic acids is 3. The van der Waals surface area contributed by atoms with Crippen molar-refractivity contribution in [3.8, 4) is 11.5 Å². The van der Waals surface area contributed by atoms with Crippen molar-refractivity contribution in [2.75, 3.05) is 37.5 Å². The molecule has 0 bridgehead atoms. The normalized spacial score (nSPS) is 16.3. The minimum absolute atomic E-state index is 0.188. The van der Waals surface area contributed by atoms with Gasteiger partial charge in [-0.05, 0) is 55.2 Å². The highest BCUT2D eigenvalue weighted by atomic mass is 32.2. The van der Waals surface area contributed by atoms with Crippen LogP contribution in [-0.4, -0.2) is 54.3 Å². The number of fused-ring (bicyclic) bond motifs is 1. The van der Waals surface area contributed by atoms with E-state index in [9.17, 15) is 14.4 Å². The van der Waals surface area contributed by atoms with Gasteiger partial charge in [-0.2, -0.15) is 0 Å². The van der Waals surface area contributed by atoms with Gasteiger partial charge in [-0.1, -0.05) is 66.4 Å². The second kappa shape index (κ2) is 11.8. The molecule has 0 radical (unpaired) electrons. The minimum atomic E-state index is -0.400. The molecule has 5 rings (SSSR count). The van der Waals surface area contributed by atoms with Gasteiger partial charge in [0, 0.05) is 17.8 Å². The first-order valence-electron chi connectivity index (χ1n) is 13.0. The highest BCUT2D eigenvalue weighted by molar-refractivity contribution is 8.26. The molecular formula is C31H29N3O5S2. The Balaban J connectivity index is 1.37. The largest absolute Gasteiger partial charge is 0.493 e. The summed E-state index contributed by atoms with van der Waals surface area (Å²) in [6.45, 7) is 4.00. The van der Waals surface area contributed by atoms with Crippen LogP contribution in [0.15, 0.2) is 65.6 Å². The van der Waals surface area contributed by atoms with Crippen molar-refractivity contribution in [3.05, 3.63) is 87.8 Å². The molecule has 2 heterocycles. The number of nitrogens with zero attached hydrogens (tertiary/aromatic N) is 2. The van der Waals surface area contributed by atoms with Gasteiger partial charge in [-0.15, -0.1) is 0 Å². The molecule has 10 heteroatoms. The number of ether oxygens (including phenoxy) is 2. The Morgan fingerprint density at radius 1 is 0.902 bits per heavy atom. The Morgan fingerprint density at radius 3 is 2.32 bits per heavy atom. The summed E-state index contributed by atoms with van der Waals surface area (Å²) in [6.07, 6.45) is 0.532. The molecule has 0 atom stereocenters. The van der Waals surface area contributed by atoms with Crippen LogP contribution >= 0.6 is 24.0 Å². The number of methoxy groups -OCH3 is 2. The van der Waals surface area contributed by atoms with Crippen LogP contribution in [0.4, 0.5) is 11.4 Å². The molecule has 0 saturated carbocycles. The van der Waals surface area contributed by atoms with Crippen molar-refractivity contribution in [3.63, 3.8) is 0 Å². The van der Waals surface area contributed by atoms with Gasteiger partial charge in [0.1, 0.15) is 10.9 Å². The second-order valence-corrected chi connectivity index (χ2v) is 11.3. The smallest absolute Gasteiger partial charge is 0.267 e. The predicted molar refractivity (Wildman–Crippen MR) is 165 cm³/mol. The maximum Gasteiger partial charge on any atom is 0.267 e. The number of hydrogen-bond donors (Lipinski definition) is 1. The Labute approximate surface area is 248 Å². The van der Waals surface area contributed by atoms with Crippen molar-refractivity contribution >= 4 is 63.0 Å². The molecule has 3 aromatic rings. The summed E-state index contributed by atoms with van der Waals surface area (Å²) in [5.41, 5.74) is 5.01. The van der Waals surface area contributed by atoms with Crippen LogP contribution in [0.25, 0.3) is 5.57 Å². The summed E-state index contributed by atoms with van der Waals surface area (Å²) in [5, 5.41) is 2.94. The first-order chi connectivity index (χ1) is 19.7. The highest BCUT2D eigenvalue weighted by Crippen LogP contribution is 2.44. The first-order valence-corrected chi connectivity index (χ1v) is 14.2. The van der Waals surface area contributed by atoms with Gasteiger partial charge in [-0.3, -0.25) is 24.2 Å². The average molecular weight is 588 g/mol. The van der Waals surface area contributed by atoms with E-state index in [0.29, 0.717) is 40.0 Å². The van der Waals surface area contributed by atoms with Gasteiger partial charge in [0.05, 0.1) is 30.4 Å². The van der Waals surface area contributed by atoms with Crippen LogP contribution in [-0.2, 0) is 20.8 Å². The lowest BCUT2D eigenvalue weighted by molar-refractivity contribution is -0.122. The van der Waals surface area contributed by atoms with E-state index in [4.69, 9.17) is 21.7 Å². The summed E-state index contributed by atoms with van der Waals surface area (Å²) in [5.74, 6) is 0.183. The molecule has 41 heavy (non-hydrogen) atoms. The predicted octanol–water partition coefficient (Wildman–Crippen LogP) is 5.12. The monoisotopic (exact) mass is 587 g/mol. The van der Waals surface area contributed by atoms with Crippen LogP contribution < -0.4 is 19.7 Å². The molecule has 0 aliphatic carbocycles. The minimum Gasteiger partial charge on any atom is -0.493 e. The lowest BCUT2D eigenvalue weighted by Gasteiger charge is -2.18. The molecule has 1 N–H and O–H groups in total. The average Bonchev–Trinajstić information content (AvgIpc) is 3.40. The molecule has 3 aromatic carbocycles. The maximum absolute atomic E-state index is 13.8. The summed E-state index contributed by atoms with van der Waals surface area (Å²) < 4.78 is 11.1. The summed E-state index contributed by atoms with van der Waals surface area (Å²) in [4.78, 5) is 43.7. The van der Waals surface area contributed by atoms with Crippen molar-refractivity contribution in [1.82, 2.24) is 4.90 Å². The van der Waals surface area contributed by atoms with Gasteiger partial charge in [0.15, 0.2) is 11.5 Å². The Kier molecular flexibility index (Phi) is 8.14. The van der Waals surface area contributed by atoms with Crippen LogP contribution in [0.3, 0.4) is 0 Å². The Morgan fingerprint density at radius 2 is 1.61 bits per heavy atom. The molecule has 0 spiro atoms. The fraction of sp³-hybridized carbons (Fsp3) is 0.226. The summed E-state index contributed by atoms with van der Waals surface area (Å²) in [6, 6.07) is 18.6. The number of amides is 3. The zero-order chi connectivity index (χ0) is 29.3. The number of para-hydroxylation sites is 2.